The molecule has 3 unspecified atom stereocenters. The van der Waals surface area contributed by atoms with Crippen LogP contribution in [0.25, 0.3) is 16.0 Å². The molecule has 3 N–H and O–H groups in total. The van der Waals surface area contributed by atoms with Crippen LogP contribution in [0, 0.1) is 18.8 Å². The van der Waals surface area contributed by atoms with Gasteiger partial charge >= 0.3 is 0 Å². The lowest BCUT2D eigenvalue weighted by Crippen LogP contribution is -2.41. The number of nitrogens with two attached hydrogens (primary N) is 1. The molecule has 0 saturated heterocycles. The Morgan fingerprint density at radius 3 is 2.84 bits per heavy atom. The second kappa shape index (κ2) is 9.22. The maximum atomic E-state index is 6.27. The average molecular weight is 535 g/mol. The number of rotatable bonds is 4. The number of nitrogens with one attached hydrogen (secondary N) is 1. The number of halogens is 1. The van der Waals surface area contributed by atoms with E-state index in [1.54, 1.807) is 11.3 Å². The SMILES string of the molecule is Cc1csc2c(-n3nc(Nc4ccc5c(c4)CCN(C4CC6CCC4C6)CCC5)nc3N)nc(Cl)nc12. The smallest absolute Gasteiger partial charge is 0.248 e. The summed E-state index contributed by atoms with van der Waals surface area (Å²) in [6.45, 7) is 4.38. The molecule has 0 spiro atoms. The van der Waals surface area contributed by atoms with Gasteiger partial charge in [0.1, 0.15) is 0 Å². The molecule has 2 saturated carbocycles. The molecule has 2 bridgehead atoms. The second-order valence-corrected chi connectivity index (χ2v) is 12.1. The first-order chi connectivity index (χ1) is 18.0. The lowest BCUT2D eigenvalue weighted by atomic mass is 9.91. The maximum Gasteiger partial charge on any atom is 0.248 e. The molecule has 2 aliphatic carbocycles. The van der Waals surface area contributed by atoms with Gasteiger partial charge in [-0.25, -0.2) is 4.98 Å². The highest BCUT2D eigenvalue weighted by atomic mass is 35.5. The first kappa shape index (κ1) is 23.4. The predicted molar refractivity (Wildman–Crippen MR) is 149 cm³/mol. The van der Waals surface area contributed by atoms with E-state index in [2.05, 4.69) is 48.5 Å². The van der Waals surface area contributed by atoms with Crippen molar-refractivity contribution in [2.75, 3.05) is 24.1 Å². The molecular formula is C27H31ClN8S. The van der Waals surface area contributed by atoms with Crippen molar-refractivity contribution in [1.29, 1.82) is 0 Å². The summed E-state index contributed by atoms with van der Waals surface area (Å²) in [4.78, 5) is 16.0. The molecule has 4 aromatic rings. The molecule has 1 aromatic carbocycles. The van der Waals surface area contributed by atoms with Gasteiger partial charge in [0.15, 0.2) is 5.82 Å². The van der Waals surface area contributed by atoms with E-state index in [1.807, 2.05) is 12.3 Å². The van der Waals surface area contributed by atoms with Crippen molar-refractivity contribution < 1.29 is 0 Å². The minimum absolute atomic E-state index is 0.162. The van der Waals surface area contributed by atoms with Gasteiger partial charge in [-0.05, 0) is 110 Å². The van der Waals surface area contributed by atoms with Crippen LogP contribution in [0.4, 0.5) is 17.6 Å². The lowest BCUT2D eigenvalue weighted by molar-refractivity contribution is 0.140. The highest BCUT2D eigenvalue weighted by molar-refractivity contribution is 7.17. The summed E-state index contributed by atoms with van der Waals surface area (Å²) in [7, 11) is 0. The molecule has 192 valence electrons. The fourth-order valence-corrected chi connectivity index (χ4v) is 7.94. The van der Waals surface area contributed by atoms with Crippen LogP contribution in [0.2, 0.25) is 5.28 Å². The summed E-state index contributed by atoms with van der Waals surface area (Å²) in [6.07, 6.45) is 9.24. The van der Waals surface area contributed by atoms with E-state index in [-0.39, 0.29) is 11.2 Å². The number of hydrogen-bond acceptors (Lipinski definition) is 8. The third-order valence-corrected chi connectivity index (χ3v) is 9.82. The van der Waals surface area contributed by atoms with Crippen molar-refractivity contribution in [3.05, 3.63) is 45.6 Å². The number of nitrogens with zero attached hydrogens (tertiary/aromatic N) is 6. The highest BCUT2D eigenvalue weighted by Gasteiger charge is 2.42. The molecule has 10 heteroatoms. The number of nitrogen functional groups attached to an aromatic ring is 1. The van der Waals surface area contributed by atoms with Crippen LogP contribution in [0.5, 0.6) is 0 Å². The number of hydrogen-bond donors (Lipinski definition) is 2. The normalized spacial score (nSPS) is 23.8. The van der Waals surface area contributed by atoms with Gasteiger partial charge in [-0.15, -0.1) is 16.4 Å². The van der Waals surface area contributed by atoms with Gasteiger partial charge in [0.2, 0.25) is 17.2 Å². The number of aryl methyl sites for hydroxylation is 2. The van der Waals surface area contributed by atoms with Gasteiger partial charge in [0.05, 0.1) is 10.2 Å². The average Bonchev–Trinajstić information content (AvgIpc) is 3.65. The van der Waals surface area contributed by atoms with E-state index in [0.29, 0.717) is 11.8 Å². The summed E-state index contributed by atoms with van der Waals surface area (Å²) in [5, 5.41) is 10.2. The lowest BCUT2D eigenvalue weighted by Gasteiger charge is -2.36. The summed E-state index contributed by atoms with van der Waals surface area (Å²) in [5.74, 6) is 3.15. The Labute approximate surface area is 225 Å². The van der Waals surface area contributed by atoms with Gasteiger partial charge in [0, 0.05) is 18.3 Å². The van der Waals surface area contributed by atoms with Crippen LogP contribution < -0.4 is 11.1 Å². The molecular weight excluding hydrogens is 504 g/mol. The quantitative estimate of drug-likeness (QED) is 0.332. The molecule has 4 heterocycles. The number of thiophene rings is 1. The molecule has 3 atom stereocenters. The van der Waals surface area contributed by atoms with E-state index < -0.39 is 0 Å². The van der Waals surface area contributed by atoms with E-state index in [1.165, 1.54) is 54.5 Å². The monoisotopic (exact) mass is 534 g/mol. The van der Waals surface area contributed by atoms with Crippen LogP contribution >= 0.6 is 22.9 Å². The van der Waals surface area contributed by atoms with Gasteiger partial charge in [-0.1, -0.05) is 12.5 Å². The Morgan fingerprint density at radius 2 is 2.00 bits per heavy atom. The van der Waals surface area contributed by atoms with E-state index in [0.717, 1.165) is 58.7 Å². The van der Waals surface area contributed by atoms with Crippen molar-refractivity contribution in [2.24, 2.45) is 11.8 Å². The zero-order chi connectivity index (χ0) is 25.1. The van der Waals surface area contributed by atoms with Crippen LogP contribution in [0.3, 0.4) is 0 Å². The van der Waals surface area contributed by atoms with Crippen molar-refractivity contribution in [3.8, 4) is 5.82 Å². The Bertz CT molecular complexity index is 1480. The van der Waals surface area contributed by atoms with Gasteiger partial charge in [-0.3, -0.25) is 4.90 Å². The first-order valence-corrected chi connectivity index (χ1v) is 14.5. The molecule has 2 fully saturated rings. The summed E-state index contributed by atoms with van der Waals surface area (Å²) in [5.41, 5.74) is 12.0. The molecule has 0 amide bonds. The van der Waals surface area contributed by atoms with Crippen LogP contribution in [-0.2, 0) is 12.8 Å². The Morgan fingerprint density at radius 1 is 1.08 bits per heavy atom. The number of aromatic nitrogens is 5. The van der Waals surface area contributed by atoms with E-state index in [4.69, 9.17) is 17.3 Å². The third-order valence-electron chi connectivity index (χ3n) is 8.57. The molecule has 3 aromatic heterocycles. The van der Waals surface area contributed by atoms with E-state index >= 15 is 0 Å². The number of fused-ring (bicyclic) bond motifs is 4. The van der Waals surface area contributed by atoms with Gasteiger partial charge < -0.3 is 11.1 Å². The molecule has 1 aliphatic heterocycles. The summed E-state index contributed by atoms with van der Waals surface area (Å²) in [6, 6.07) is 7.45. The molecule has 0 radical (unpaired) electrons. The van der Waals surface area contributed by atoms with Gasteiger partial charge in [-0.2, -0.15) is 14.6 Å². The molecule has 8 nitrogen and oxygen atoms in total. The van der Waals surface area contributed by atoms with Crippen LogP contribution in [0.1, 0.15) is 48.8 Å². The number of benzene rings is 1. The van der Waals surface area contributed by atoms with Crippen molar-refractivity contribution in [1.82, 2.24) is 29.6 Å². The van der Waals surface area contributed by atoms with Crippen LogP contribution in [-0.4, -0.2) is 48.8 Å². The second-order valence-electron chi connectivity index (χ2n) is 10.9. The highest BCUT2D eigenvalue weighted by Crippen LogP contribution is 2.47. The molecule has 7 rings (SSSR count). The van der Waals surface area contributed by atoms with Crippen molar-refractivity contribution in [2.45, 2.75) is 57.9 Å². The maximum absolute atomic E-state index is 6.27. The standard InChI is InChI=1S/C27H31ClN8S/c1-15-14-37-23-22(15)31-25(28)32-24(23)36-26(29)33-27(34-36)30-20-7-6-17-3-2-9-35(10-8-18(17)13-20)21-12-16-4-5-19(21)11-16/h6-7,13-14,16,19,21H,2-5,8-12H2,1H3,(H3,29,30,33,34). The Hall–Kier alpha value is -2.75. The minimum atomic E-state index is 0.162. The Balaban J connectivity index is 1.12. The van der Waals surface area contributed by atoms with Crippen molar-refractivity contribution >= 4 is 50.7 Å². The summed E-state index contributed by atoms with van der Waals surface area (Å²) < 4.78 is 2.42. The van der Waals surface area contributed by atoms with Gasteiger partial charge in [0.25, 0.3) is 0 Å². The van der Waals surface area contributed by atoms with E-state index in [9.17, 15) is 0 Å². The minimum Gasteiger partial charge on any atom is -0.368 e. The first-order valence-electron chi connectivity index (χ1n) is 13.3. The predicted octanol–water partition coefficient (Wildman–Crippen LogP) is 5.54. The topological polar surface area (TPSA) is 97.8 Å². The molecule has 37 heavy (non-hydrogen) atoms. The zero-order valence-corrected chi connectivity index (χ0v) is 22.5. The van der Waals surface area contributed by atoms with Crippen LogP contribution in [0.15, 0.2) is 23.6 Å². The molecule has 3 aliphatic rings. The third kappa shape index (κ3) is 4.27. The zero-order valence-electron chi connectivity index (χ0n) is 21.0. The fraction of sp³-hybridized carbons (Fsp3) is 0.481. The Kier molecular flexibility index (Phi) is 5.82. The van der Waals surface area contributed by atoms with Crippen molar-refractivity contribution in [3.63, 3.8) is 0 Å². The fourth-order valence-electron chi connectivity index (χ4n) is 6.82. The largest absolute Gasteiger partial charge is 0.368 e. The number of anilines is 3. The summed E-state index contributed by atoms with van der Waals surface area (Å²) >= 11 is 7.76.